The maximum Gasteiger partial charge on any atom is 0.193 e. The molecular weight excluding hydrogens is 264 g/mol. The van der Waals surface area contributed by atoms with Gasteiger partial charge in [0.15, 0.2) is 5.96 Å². The van der Waals surface area contributed by atoms with Crippen molar-refractivity contribution in [3.63, 3.8) is 0 Å². The Morgan fingerprint density at radius 3 is 2.52 bits per heavy atom. The van der Waals surface area contributed by atoms with Crippen molar-refractivity contribution >= 4 is 11.6 Å². The Balaban J connectivity index is 1.90. The highest BCUT2D eigenvalue weighted by Crippen LogP contribution is 2.16. The fraction of sp³-hybridized carbons (Fsp3) is 0.562. The van der Waals surface area contributed by atoms with Crippen molar-refractivity contribution in [2.45, 2.75) is 26.3 Å². The Kier molecular flexibility index (Phi) is 5.20. The van der Waals surface area contributed by atoms with E-state index in [9.17, 15) is 0 Å². The second-order valence-electron chi connectivity index (χ2n) is 6.10. The lowest BCUT2D eigenvalue weighted by atomic mass is 10.0. The topological polar surface area (TPSA) is 62.9 Å². The summed E-state index contributed by atoms with van der Waals surface area (Å²) in [5, 5.41) is 3.13. The first-order valence-corrected chi connectivity index (χ1v) is 7.44. The summed E-state index contributed by atoms with van der Waals surface area (Å²) in [5.74, 6) is 0.459. The number of nitrogens with zero attached hydrogens (tertiary/aromatic N) is 2. The van der Waals surface area contributed by atoms with Gasteiger partial charge in [-0.25, -0.2) is 0 Å². The maximum absolute atomic E-state index is 5.98. The van der Waals surface area contributed by atoms with Crippen LogP contribution in [-0.4, -0.2) is 49.2 Å². The van der Waals surface area contributed by atoms with E-state index in [1.54, 1.807) is 0 Å². The highest BCUT2D eigenvalue weighted by molar-refractivity contribution is 5.92. The molecule has 1 heterocycles. The SMILES string of the molecule is Cc1ccc(NC(N)=NCC(C)(C)N2CCOCC2)cc1. The molecule has 0 radical (unpaired) electrons. The Morgan fingerprint density at radius 2 is 1.90 bits per heavy atom. The van der Waals surface area contributed by atoms with Gasteiger partial charge in [-0.2, -0.15) is 0 Å². The summed E-state index contributed by atoms with van der Waals surface area (Å²) in [6.07, 6.45) is 0. The summed E-state index contributed by atoms with van der Waals surface area (Å²) in [6.45, 7) is 10.6. The molecular formula is C16H26N4O. The lowest BCUT2D eigenvalue weighted by molar-refractivity contribution is -0.00680. The molecule has 0 aliphatic carbocycles. The van der Waals surface area contributed by atoms with Gasteiger partial charge >= 0.3 is 0 Å². The van der Waals surface area contributed by atoms with Crippen LogP contribution < -0.4 is 11.1 Å². The van der Waals surface area contributed by atoms with E-state index >= 15 is 0 Å². The van der Waals surface area contributed by atoms with E-state index in [1.807, 2.05) is 24.3 Å². The van der Waals surface area contributed by atoms with Crippen LogP contribution in [0.4, 0.5) is 5.69 Å². The zero-order chi connectivity index (χ0) is 15.3. The number of aryl methyl sites for hydroxylation is 1. The van der Waals surface area contributed by atoms with Gasteiger partial charge in [0.2, 0.25) is 0 Å². The zero-order valence-corrected chi connectivity index (χ0v) is 13.2. The van der Waals surface area contributed by atoms with Crippen LogP contribution in [0.3, 0.4) is 0 Å². The number of anilines is 1. The third kappa shape index (κ3) is 4.72. The Morgan fingerprint density at radius 1 is 1.29 bits per heavy atom. The Labute approximate surface area is 127 Å². The van der Waals surface area contributed by atoms with E-state index in [0.29, 0.717) is 12.5 Å². The first kappa shape index (κ1) is 15.8. The molecule has 0 bridgehead atoms. The minimum atomic E-state index is -0.0106. The van der Waals surface area contributed by atoms with Crippen LogP contribution in [0.15, 0.2) is 29.3 Å². The van der Waals surface area contributed by atoms with Crippen molar-refractivity contribution in [1.29, 1.82) is 0 Å². The van der Waals surface area contributed by atoms with E-state index in [-0.39, 0.29) is 5.54 Å². The molecule has 0 aromatic heterocycles. The Bertz CT molecular complexity index is 476. The van der Waals surface area contributed by atoms with Crippen molar-refractivity contribution in [3.8, 4) is 0 Å². The van der Waals surface area contributed by atoms with Crippen LogP contribution in [0.1, 0.15) is 19.4 Å². The molecule has 5 nitrogen and oxygen atoms in total. The summed E-state index contributed by atoms with van der Waals surface area (Å²) < 4.78 is 5.39. The van der Waals surface area contributed by atoms with E-state index < -0.39 is 0 Å². The highest BCUT2D eigenvalue weighted by Gasteiger charge is 2.27. The van der Waals surface area contributed by atoms with Crippen LogP contribution in [0.2, 0.25) is 0 Å². The van der Waals surface area contributed by atoms with Gasteiger partial charge in [-0.05, 0) is 32.9 Å². The molecule has 2 rings (SSSR count). The van der Waals surface area contributed by atoms with Gasteiger partial charge in [-0.1, -0.05) is 17.7 Å². The summed E-state index contributed by atoms with van der Waals surface area (Å²) in [4.78, 5) is 6.89. The average molecular weight is 290 g/mol. The largest absolute Gasteiger partial charge is 0.379 e. The first-order valence-electron chi connectivity index (χ1n) is 7.44. The first-order chi connectivity index (χ1) is 9.97. The number of guanidine groups is 1. The average Bonchev–Trinajstić information content (AvgIpc) is 2.49. The molecule has 5 heteroatoms. The quantitative estimate of drug-likeness (QED) is 0.656. The molecule has 3 N–H and O–H groups in total. The molecule has 0 unspecified atom stereocenters. The summed E-state index contributed by atoms with van der Waals surface area (Å²) in [6, 6.07) is 8.11. The van der Waals surface area contributed by atoms with Gasteiger partial charge in [0, 0.05) is 24.3 Å². The van der Waals surface area contributed by atoms with Gasteiger partial charge in [-0.15, -0.1) is 0 Å². The number of hydrogen-bond donors (Lipinski definition) is 2. The minimum absolute atomic E-state index is 0.0106. The number of morpholine rings is 1. The van der Waals surface area contributed by atoms with E-state index in [1.165, 1.54) is 5.56 Å². The molecule has 0 saturated carbocycles. The Hall–Kier alpha value is -1.59. The number of benzene rings is 1. The third-order valence-corrected chi connectivity index (χ3v) is 3.83. The van der Waals surface area contributed by atoms with Crippen LogP contribution >= 0.6 is 0 Å². The maximum atomic E-state index is 5.98. The van der Waals surface area contributed by atoms with Crippen LogP contribution in [0.5, 0.6) is 0 Å². The second-order valence-corrected chi connectivity index (χ2v) is 6.10. The van der Waals surface area contributed by atoms with Gasteiger partial charge in [0.05, 0.1) is 19.8 Å². The number of nitrogens with one attached hydrogen (secondary N) is 1. The molecule has 1 aromatic carbocycles. The molecule has 1 saturated heterocycles. The van der Waals surface area contributed by atoms with Gasteiger partial charge in [-0.3, -0.25) is 9.89 Å². The van der Waals surface area contributed by atoms with Gasteiger partial charge < -0.3 is 15.8 Å². The fourth-order valence-electron chi connectivity index (χ4n) is 2.37. The van der Waals surface area contributed by atoms with E-state index in [0.717, 1.165) is 32.0 Å². The van der Waals surface area contributed by atoms with Crippen LogP contribution in [-0.2, 0) is 4.74 Å². The fourth-order valence-corrected chi connectivity index (χ4v) is 2.37. The van der Waals surface area contributed by atoms with E-state index in [4.69, 9.17) is 10.5 Å². The summed E-state index contributed by atoms with van der Waals surface area (Å²) >= 11 is 0. The van der Waals surface area contributed by atoms with Crippen molar-refractivity contribution in [1.82, 2.24) is 4.90 Å². The number of rotatable bonds is 4. The normalized spacial score (nSPS) is 17.8. The molecule has 0 spiro atoms. The van der Waals surface area contributed by atoms with Crippen molar-refractivity contribution in [2.75, 3.05) is 38.2 Å². The second kappa shape index (κ2) is 6.91. The van der Waals surface area contributed by atoms with Crippen LogP contribution in [0.25, 0.3) is 0 Å². The molecule has 0 atom stereocenters. The molecule has 1 fully saturated rings. The molecule has 116 valence electrons. The monoisotopic (exact) mass is 290 g/mol. The molecule has 1 aliphatic rings. The van der Waals surface area contributed by atoms with E-state index in [2.05, 4.69) is 36.0 Å². The number of aliphatic imine (C=N–C) groups is 1. The lowest BCUT2D eigenvalue weighted by Crippen LogP contribution is -2.51. The minimum Gasteiger partial charge on any atom is -0.379 e. The predicted octanol–water partition coefficient (Wildman–Crippen LogP) is 1.83. The van der Waals surface area contributed by atoms with Gasteiger partial charge in [0.25, 0.3) is 0 Å². The number of hydrogen-bond acceptors (Lipinski definition) is 3. The highest BCUT2D eigenvalue weighted by atomic mass is 16.5. The lowest BCUT2D eigenvalue weighted by Gasteiger charge is -2.39. The van der Waals surface area contributed by atoms with Crippen molar-refractivity contribution < 1.29 is 4.74 Å². The number of nitrogens with two attached hydrogens (primary N) is 1. The zero-order valence-electron chi connectivity index (χ0n) is 13.2. The summed E-state index contributed by atoms with van der Waals surface area (Å²) in [5.41, 5.74) is 8.16. The van der Waals surface area contributed by atoms with Crippen LogP contribution in [0, 0.1) is 6.92 Å². The molecule has 1 aliphatic heterocycles. The molecule has 1 aromatic rings. The third-order valence-electron chi connectivity index (χ3n) is 3.83. The molecule has 0 amide bonds. The predicted molar refractivity (Wildman–Crippen MR) is 87.8 cm³/mol. The smallest absolute Gasteiger partial charge is 0.193 e. The van der Waals surface area contributed by atoms with Crippen molar-refractivity contribution in [2.24, 2.45) is 10.7 Å². The number of ether oxygens (including phenoxy) is 1. The van der Waals surface area contributed by atoms with Crippen molar-refractivity contribution in [3.05, 3.63) is 29.8 Å². The summed E-state index contributed by atoms with van der Waals surface area (Å²) in [7, 11) is 0. The van der Waals surface area contributed by atoms with Gasteiger partial charge in [0.1, 0.15) is 0 Å². The standard InChI is InChI=1S/C16H26N4O/c1-13-4-6-14(7-5-13)19-15(17)18-12-16(2,3)20-8-10-21-11-9-20/h4-7H,8-12H2,1-3H3,(H3,17,18,19). The molecule has 21 heavy (non-hydrogen) atoms.